The van der Waals surface area contributed by atoms with E-state index in [0.29, 0.717) is 19.6 Å². The van der Waals surface area contributed by atoms with E-state index in [9.17, 15) is 4.79 Å². The van der Waals surface area contributed by atoms with Crippen molar-refractivity contribution >= 4 is 5.91 Å². The molecule has 2 rings (SSSR count). The first-order chi connectivity index (χ1) is 11.5. The Labute approximate surface area is 145 Å². The summed E-state index contributed by atoms with van der Waals surface area (Å²) >= 11 is 0. The topological polar surface area (TPSA) is 50.6 Å². The lowest BCUT2D eigenvalue weighted by Crippen LogP contribution is -2.51. The molecular weight excluding hydrogens is 300 g/mol. The van der Waals surface area contributed by atoms with Crippen LogP contribution in [0.3, 0.4) is 0 Å². The quantitative estimate of drug-likeness (QED) is 0.801. The molecule has 0 N–H and O–H groups in total. The Morgan fingerprint density at radius 2 is 2.08 bits per heavy atom. The van der Waals surface area contributed by atoms with Gasteiger partial charge in [-0.2, -0.15) is 5.26 Å². The maximum atomic E-state index is 12.7. The van der Waals surface area contributed by atoms with Crippen molar-refractivity contribution in [1.29, 1.82) is 5.26 Å². The van der Waals surface area contributed by atoms with Crippen LogP contribution in [0.1, 0.15) is 25.5 Å². The monoisotopic (exact) mass is 328 g/mol. The van der Waals surface area contributed by atoms with E-state index in [1.165, 1.54) is 5.56 Å². The van der Waals surface area contributed by atoms with Crippen molar-refractivity contribution in [1.82, 2.24) is 14.7 Å². The second-order valence-electron chi connectivity index (χ2n) is 6.62. The number of nitriles is 1. The molecule has 2 unspecified atom stereocenters. The molecule has 24 heavy (non-hydrogen) atoms. The highest BCUT2D eigenvalue weighted by Crippen LogP contribution is 2.24. The summed E-state index contributed by atoms with van der Waals surface area (Å²) in [5, 5.41) is 9.00. The van der Waals surface area contributed by atoms with Crippen LogP contribution in [0.2, 0.25) is 0 Å². The number of hydrogen-bond donors (Lipinski definition) is 0. The summed E-state index contributed by atoms with van der Waals surface area (Å²) in [5.74, 6) is -0.0172. The van der Waals surface area contributed by atoms with Gasteiger partial charge in [0.05, 0.1) is 18.5 Å². The van der Waals surface area contributed by atoms with E-state index in [0.717, 1.165) is 19.6 Å². The van der Waals surface area contributed by atoms with Crippen molar-refractivity contribution in [3.05, 3.63) is 35.9 Å². The Hall–Kier alpha value is -1.90. The highest BCUT2D eigenvalue weighted by Gasteiger charge is 2.29. The number of carbonyl (C=O) groups is 1. The van der Waals surface area contributed by atoms with Crippen LogP contribution in [0.15, 0.2) is 30.3 Å². The Bertz CT molecular complexity index is 568. The fourth-order valence-corrected chi connectivity index (χ4v) is 3.19. The van der Waals surface area contributed by atoms with Gasteiger partial charge in [0, 0.05) is 38.8 Å². The summed E-state index contributed by atoms with van der Waals surface area (Å²) in [7, 11) is 2.13. The molecule has 2 atom stereocenters. The van der Waals surface area contributed by atoms with Gasteiger partial charge in [0.25, 0.3) is 0 Å². The van der Waals surface area contributed by atoms with Gasteiger partial charge in [-0.25, -0.2) is 0 Å². The molecule has 0 aromatic heterocycles. The van der Waals surface area contributed by atoms with Crippen LogP contribution in [0.4, 0.5) is 0 Å². The van der Waals surface area contributed by atoms with Gasteiger partial charge in [-0.1, -0.05) is 30.3 Å². The van der Waals surface area contributed by atoms with Gasteiger partial charge in [0.2, 0.25) is 5.91 Å². The predicted octanol–water partition coefficient (Wildman–Crippen LogP) is 1.98. The first-order valence-electron chi connectivity index (χ1n) is 8.70. The van der Waals surface area contributed by atoms with Crippen LogP contribution in [-0.4, -0.2) is 66.9 Å². The lowest BCUT2D eigenvalue weighted by Gasteiger charge is -2.40. The SMILES string of the molecule is CCN(CC(C)C#N)C(=O)CN1CCN(C)CC1c1ccccc1. The Morgan fingerprint density at radius 3 is 2.71 bits per heavy atom. The Morgan fingerprint density at radius 1 is 1.38 bits per heavy atom. The molecule has 1 aromatic carbocycles. The predicted molar refractivity (Wildman–Crippen MR) is 95.3 cm³/mol. The minimum absolute atomic E-state index is 0.116. The molecule has 130 valence electrons. The third kappa shape index (κ3) is 4.80. The fourth-order valence-electron chi connectivity index (χ4n) is 3.19. The second-order valence-corrected chi connectivity index (χ2v) is 6.62. The van der Waals surface area contributed by atoms with Crippen molar-refractivity contribution in [3.63, 3.8) is 0 Å². The minimum atomic E-state index is -0.133. The maximum absolute atomic E-state index is 12.7. The van der Waals surface area contributed by atoms with Gasteiger partial charge in [-0.15, -0.1) is 0 Å². The van der Waals surface area contributed by atoms with E-state index in [2.05, 4.69) is 47.2 Å². The van der Waals surface area contributed by atoms with Gasteiger partial charge in [-0.3, -0.25) is 9.69 Å². The third-order valence-corrected chi connectivity index (χ3v) is 4.67. The largest absolute Gasteiger partial charge is 0.341 e. The van der Waals surface area contributed by atoms with Crippen LogP contribution < -0.4 is 0 Å². The smallest absolute Gasteiger partial charge is 0.236 e. The van der Waals surface area contributed by atoms with E-state index in [4.69, 9.17) is 5.26 Å². The van der Waals surface area contributed by atoms with Gasteiger partial charge >= 0.3 is 0 Å². The molecule has 1 aliphatic heterocycles. The van der Waals surface area contributed by atoms with Crippen molar-refractivity contribution in [2.45, 2.75) is 19.9 Å². The number of benzene rings is 1. The normalized spacial score (nSPS) is 20.3. The Balaban J connectivity index is 2.07. The van der Waals surface area contributed by atoms with Crippen LogP contribution in [0.25, 0.3) is 0 Å². The summed E-state index contributed by atoms with van der Waals surface area (Å²) in [6, 6.07) is 12.8. The number of amides is 1. The molecular formula is C19H28N4O. The minimum Gasteiger partial charge on any atom is -0.341 e. The molecule has 0 bridgehead atoms. The molecule has 0 saturated carbocycles. The molecule has 1 fully saturated rings. The summed E-state index contributed by atoms with van der Waals surface area (Å²) < 4.78 is 0. The van der Waals surface area contributed by atoms with Crippen molar-refractivity contribution in [3.8, 4) is 6.07 Å². The van der Waals surface area contributed by atoms with Gasteiger partial charge < -0.3 is 9.80 Å². The van der Waals surface area contributed by atoms with Gasteiger partial charge in [0.1, 0.15) is 0 Å². The summed E-state index contributed by atoms with van der Waals surface area (Å²) in [4.78, 5) is 19.1. The number of hydrogen-bond acceptors (Lipinski definition) is 4. The zero-order valence-corrected chi connectivity index (χ0v) is 15.0. The highest BCUT2D eigenvalue weighted by molar-refractivity contribution is 5.78. The van der Waals surface area contributed by atoms with Gasteiger partial charge in [0.15, 0.2) is 0 Å². The molecule has 1 aromatic rings. The first-order valence-corrected chi connectivity index (χ1v) is 8.70. The van der Waals surface area contributed by atoms with Crippen molar-refractivity contribution < 1.29 is 4.79 Å². The number of rotatable bonds is 6. The van der Waals surface area contributed by atoms with Crippen LogP contribution in [0, 0.1) is 17.2 Å². The number of piperazine rings is 1. The molecule has 5 nitrogen and oxygen atoms in total. The van der Waals surface area contributed by atoms with Crippen molar-refractivity contribution in [2.24, 2.45) is 5.92 Å². The maximum Gasteiger partial charge on any atom is 0.236 e. The number of nitrogens with zero attached hydrogens (tertiary/aromatic N) is 4. The number of carbonyl (C=O) groups excluding carboxylic acids is 1. The average Bonchev–Trinajstić information content (AvgIpc) is 2.61. The van der Waals surface area contributed by atoms with E-state index in [1.54, 1.807) is 4.90 Å². The summed E-state index contributed by atoms with van der Waals surface area (Å²) in [5.41, 5.74) is 1.25. The zero-order chi connectivity index (χ0) is 17.5. The zero-order valence-electron chi connectivity index (χ0n) is 15.0. The first kappa shape index (κ1) is 18.4. The molecule has 1 heterocycles. The van der Waals surface area contributed by atoms with E-state index in [-0.39, 0.29) is 17.9 Å². The number of likely N-dealkylation sites (N-methyl/N-ethyl adjacent to an activating group) is 2. The lowest BCUT2D eigenvalue weighted by molar-refractivity contribution is -0.133. The Kier molecular flexibility index (Phi) is 6.77. The summed E-state index contributed by atoms with van der Waals surface area (Å²) in [6.07, 6.45) is 0. The van der Waals surface area contributed by atoms with Crippen LogP contribution >= 0.6 is 0 Å². The molecule has 5 heteroatoms. The van der Waals surface area contributed by atoms with E-state index in [1.807, 2.05) is 19.9 Å². The fraction of sp³-hybridized carbons (Fsp3) is 0.579. The third-order valence-electron chi connectivity index (χ3n) is 4.67. The molecule has 0 spiro atoms. The second kappa shape index (κ2) is 8.81. The van der Waals surface area contributed by atoms with E-state index >= 15 is 0 Å². The van der Waals surface area contributed by atoms with Crippen molar-refractivity contribution in [2.75, 3.05) is 46.3 Å². The van der Waals surface area contributed by atoms with Crippen LogP contribution in [-0.2, 0) is 4.79 Å². The summed E-state index contributed by atoms with van der Waals surface area (Å²) in [6.45, 7) is 8.19. The van der Waals surface area contributed by atoms with Gasteiger partial charge in [-0.05, 0) is 26.5 Å². The molecule has 1 saturated heterocycles. The van der Waals surface area contributed by atoms with E-state index < -0.39 is 0 Å². The standard InChI is InChI=1S/C19H28N4O/c1-4-22(13-16(2)12-20)19(24)15-23-11-10-21(3)14-18(23)17-8-6-5-7-9-17/h5-9,16,18H,4,10-11,13-15H2,1-3H3. The average molecular weight is 328 g/mol. The lowest BCUT2D eigenvalue weighted by atomic mass is 10.0. The molecule has 0 radical (unpaired) electrons. The van der Waals surface area contributed by atoms with Crippen LogP contribution in [0.5, 0.6) is 0 Å². The highest BCUT2D eigenvalue weighted by atomic mass is 16.2. The molecule has 0 aliphatic carbocycles. The molecule has 1 amide bonds. The molecule has 1 aliphatic rings.